The fourth-order valence-corrected chi connectivity index (χ4v) is 4.63. The molecule has 178 valence electrons. The fraction of sp³-hybridized carbons (Fsp3) is 0.276. The molecule has 1 N–H and O–H groups in total. The standard InChI is InChI=1S/C29H30N4O2/c1-2-35-26-17-13-21-9-5-6-10-24(21)28(26)29(34)30-23-14-11-22(12-15-23)25-16-18-27(32-31-25)33-19-7-3-4-8-20-33/h5-6,9-18H,2-4,7-8,19-20H2,1H3,(H,30,34). The molecule has 1 saturated heterocycles. The molecule has 0 radical (unpaired) electrons. The Morgan fingerprint density at radius 2 is 1.66 bits per heavy atom. The van der Waals surface area contributed by atoms with Crippen LogP contribution in [0.4, 0.5) is 11.5 Å². The van der Waals surface area contributed by atoms with Gasteiger partial charge in [-0.1, -0.05) is 55.3 Å². The Morgan fingerprint density at radius 1 is 0.886 bits per heavy atom. The molecule has 1 aromatic heterocycles. The predicted molar refractivity (Wildman–Crippen MR) is 141 cm³/mol. The highest BCUT2D eigenvalue weighted by Crippen LogP contribution is 2.29. The summed E-state index contributed by atoms with van der Waals surface area (Å²) in [5.41, 5.74) is 3.03. The number of carbonyl (C=O) groups excluding carboxylic acids is 1. The smallest absolute Gasteiger partial charge is 0.260 e. The van der Waals surface area contributed by atoms with Gasteiger partial charge in [-0.2, -0.15) is 0 Å². The molecule has 1 aliphatic rings. The Labute approximate surface area is 205 Å². The number of nitrogens with one attached hydrogen (secondary N) is 1. The van der Waals surface area contributed by atoms with Gasteiger partial charge in [0.05, 0.1) is 17.9 Å². The van der Waals surface area contributed by atoms with Gasteiger partial charge in [0.2, 0.25) is 0 Å². The van der Waals surface area contributed by atoms with Crippen molar-refractivity contribution in [2.24, 2.45) is 0 Å². The van der Waals surface area contributed by atoms with Gasteiger partial charge in [0.15, 0.2) is 5.82 Å². The van der Waals surface area contributed by atoms with Crippen LogP contribution in [-0.2, 0) is 0 Å². The summed E-state index contributed by atoms with van der Waals surface area (Å²) in [6.07, 6.45) is 5.00. The van der Waals surface area contributed by atoms with E-state index in [1.54, 1.807) is 0 Å². The van der Waals surface area contributed by atoms with Crippen molar-refractivity contribution in [2.45, 2.75) is 32.6 Å². The molecular weight excluding hydrogens is 436 g/mol. The summed E-state index contributed by atoms with van der Waals surface area (Å²) in [7, 11) is 0. The number of hydrogen-bond donors (Lipinski definition) is 1. The van der Waals surface area contributed by atoms with Crippen LogP contribution < -0.4 is 15.0 Å². The summed E-state index contributed by atoms with van der Waals surface area (Å²) in [5.74, 6) is 1.33. The van der Waals surface area contributed by atoms with E-state index in [4.69, 9.17) is 4.74 Å². The van der Waals surface area contributed by atoms with E-state index in [9.17, 15) is 4.79 Å². The molecule has 0 aliphatic carbocycles. The van der Waals surface area contributed by atoms with Crippen LogP contribution >= 0.6 is 0 Å². The molecule has 6 heteroatoms. The van der Waals surface area contributed by atoms with Gasteiger partial charge in [-0.15, -0.1) is 10.2 Å². The van der Waals surface area contributed by atoms with Crippen LogP contribution in [0, 0.1) is 0 Å². The normalized spacial score (nSPS) is 13.9. The second-order valence-electron chi connectivity index (χ2n) is 8.80. The average Bonchev–Trinajstić information content (AvgIpc) is 3.19. The first-order valence-corrected chi connectivity index (χ1v) is 12.4. The van der Waals surface area contributed by atoms with Crippen molar-refractivity contribution in [2.75, 3.05) is 29.9 Å². The van der Waals surface area contributed by atoms with Gasteiger partial charge in [0, 0.05) is 24.3 Å². The number of benzene rings is 3. The SMILES string of the molecule is CCOc1ccc2ccccc2c1C(=O)Nc1ccc(-c2ccc(N3CCCCCC3)nn2)cc1. The molecule has 1 amide bonds. The minimum absolute atomic E-state index is 0.195. The van der Waals surface area contributed by atoms with Crippen molar-refractivity contribution in [3.63, 3.8) is 0 Å². The first-order valence-electron chi connectivity index (χ1n) is 12.4. The van der Waals surface area contributed by atoms with Crippen LogP contribution in [0.5, 0.6) is 5.75 Å². The molecule has 4 aromatic rings. The molecule has 1 aliphatic heterocycles. The van der Waals surface area contributed by atoms with Gasteiger partial charge in [-0.3, -0.25) is 4.79 Å². The highest BCUT2D eigenvalue weighted by atomic mass is 16.5. The number of fused-ring (bicyclic) bond motifs is 1. The van der Waals surface area contributed by atoms with E-state index in [-0.39, 0.29) is 5.91 Å². The third-order valence-electron chi connectivity index (χ3n) is 6.44. The monoisotopic (exact) mass is 466 g/mol. The van der Waals surface area contributed by atoms with Crippen LogP contribution in [0.2, 0.25) is 0 Å². The molecule has 3 aromatic carbocycles. The average molecular weight is 467 g/mol. The van der Waals surface area contributed by atoms with Crippen molar-refractivity contribution in [3.8, 4) is 17.0 Å². The molecule has 0 saturated carbocycles. The molecule has 0 atom stereocenters. The number of carbonyl (C=O) groups is 1. The van der Waals surface area contributed by atoms with Crippen molar-refractivity contribution >= 4 is 28.2 Å². The first kappa shape index (κ1) is 22.8. The molecule has 6 nitrogen and oxygen atoms in total. The van der Waals surface area contributed by atoms with Gasteiger partial charge in [0.1, 0.15) is 5.75 Å². The maximum atomic E-state index is 13.3. The van der Waals surface area contributed by atoms with Crippen molar-refractivity contribution in [1.82, 2.24) is 10.2 Å². The van der Waals surface area contributed by atoms with E-state index in [2.05, 4.69) is 26.5 Å². The molecule has 35 heavy (non-hydrogen) atoms. The van der Waals surface area contributed by atoms with Crippen LogP contribution in [0.1, 0.15) is 43.0 Å². The second-order valence-corrected chi connectivity index (χ2v) is 8.80. The van der Waals surface area contributed by atoms with Crippen molar-refractivity contribution < 1.29 is 9.53 Å². The lowest BCUT2D eigenvalue weighted by molar-refractivity contribution is 0.102. The van der Waals surface area contributed by atoms with E-state index in [0.29, 0.717) is 23.6 Å². The Bertz CT molecular complexity index is 1290. The lowest BCUT2D eigenvalue weighted by Crippen LogP contribution is -2.25. The number of anilines is 2. The van der Waals surface area contributed by atoms with E-state index in [1.807, 2.05) is 73.7 Å². The molecule has 1 fully saturated rings. The lowest BCUT2D eigenvalue weighted by atomic mass is 10.0. The number of rotatable bonds is 6. The highest BCUT2D eigenvalue weighted by Gasteiger charge is 2.17. The summed E-state index contributed by atoms with van der Waals surface area (Å²) >= 11 is 0. The van der Waals surface area contributed by atoms with Gasteiger partial charge in [-0.25, -0.2) is 0 Å². The first-order chi connectivity index (χ1) is 17.2. The maximum Gasteiger partial charge on any atom is 0.260 e. The quantitative estimate of drug-likeness (QED) is 0.360. The number of aromatic nitrogens is 2. The zero-order valence-electron chi connectivity index (χ0n) is 20.0. The van der Waals surface area contributed by atoms with Gasteiger partial charge in [0.25, 0.3) is 5.91 Å². The summed E-state index contributed by atoms with van der Waals surface area (Å²) in [4.78, 5) is 15.6. The molecule has 0 unspecified atom stereocenters. The van der Waals surface area contributed by atoms with E-state index in [0.717, 1.165) is 40.9 Å². The van der Waals surface area contributed by atoms with Crippen LogP contribution in [0.25, 0.3) is 22.0 Å². The topological polar surface area (TPSA) is 67.3 Å². The summed E-state index contributed by atoms with van der Waals surface area (Å²) in [6.45, 7) is 4.50. The minimum Gasteiger partial charge on any atom is -0.493 e. The number of nitrogens with zero attached hydrogens (tertiary/aromatic N) is 3. The summed E-state index contributed by atoms with van der Waals surface area (Å²) < 4.78 is 5.76. The third-order valence-corrected chi connectivity index (χ3v) is 6.44. The van der Waals surface area contributed by atoms with Gasteiger partial charge in [-0.05, 0) is 60.9 Å². The number of amides is 1. The maximum absolute atomic E-state index is 13.3. The Kier molecular flexibility index (Phi) is 6.89. The molecule has 0 spiro atoms. The summed E-state index contributed by atoms with van der Waals surface area (Å²) in [6, 6.07) is 23.4. The molecular formula is C29H30N4O2. The highest BCUT2D eigenvalue weighted by molar-refractivity contribution is 6.15. The largest absolute Gasteiger partial charge is 0.493 e. The molecule has 0 bridgehead atoms. The van der Waals surface area contributed by atoms with Crippen molar-refractivity contribution in [3.05, 3.63) is 78.4 Å². The van der Waals surface area contributed by atoms with Crippen LogP contribution in [0.15, 0.2) is 72.8 Å². The summed E-state index contributed by atoms with van der Waals surface area (Å²) in [5, 5.41) is 13.8. The minimum atomic E-state index is -0.195. The molecule has 2 heterocycles. The zero-order valence-corrected chi connectivity index (χ0v) is 20.0. The van der Waals surface area contributed by atoms with Gasteiger partial charge >= 0.3 is 0 Å². The van der Waals surface area contributed by atoms with Crippen LogP contribution in [-0.4, -0.2) is 35.8 Å². The van der Waals surface area contributed by atoms with E-state index < -0.39 is 0 Å². The van der Waals surface area contributed by atoms with Crippen molar-refractivity contribution in [1.29, 1.82) is 0 Å². The predicted octanol–water partition coefficient (Wildman–Crippen LogP) is 6.33. The van der Waals surface area contributed by atoms with Gasteiger partial charge < -0.3 is 15.0 Å². The Hall–Kier alpha value is -3.93. The Morgan fingerprint density at radius 3 is 2.37 bits per heavy atom. The number of hydrogen-bond acceptors (Lipinski definition) is 5. The zero-order chi connectivity index (χ0) is 24.0. The number of ether oxygens (including phenoxy) is 1. The third kappa shape index (κ3) is 5.11. The second kappa shape index (κ2) is 10.6. The lowest BCUT2D eigenvalue weighted by Gasteiger charge is -2.20. The van der Waals surface area contributed by atoms with E-state index in [1.165, 1.54) is 25.7 Å². The van der Waals surface area contributed by atoms with Crippen LogP contribution in [0.3, 0.4) is 0 Å². The fourth-order valence-electron chi connectivity index (χ4n) is 4.63. The Balaban J connectivity index is 1.33. The molecule has 5 rings (SSSR count). The van der Waals surface area contributed by atoms with E-state index >= 15 is 0 Å².